The summed E-state index contributed by atoms with van der Waals surface area (Å²) in [6, 6.07) is 15.6. The van der Waals surface area contributed by atoms with Crippen molar-refractivity contribution in [3.63, 3.8) is 0 Å². The number of rotatable bonds is 8. The highest BCUT2D eigenvalue weighted by atomic mass is 16.5. The number of morpholine rings is 1. The molecule has 4 rings (SSSR count). The molecule has 1 N–H and O–H groups in total. The topological polar surface area (TPSA) is 79.3 Å². The quantitative estimate of drug-likeness (QED) is 0.378. The molecule has 2 heterocycles. The smallest absolute Gasteiger partial charge is 0.295 e. The molecule has 2 fully saturated rings. The van der Waals surface area contributed by atoms with Crippen molar-refractivity contribution in [2.24, 2.45) is 0 Å². The predicted octanol–water partition coefficient (Wildman–Crippen LogP) is 3.23. The van der Waals surface area contributed by atoms with Gasteiger partial charge < -0.3 is 19.5 Å². The highest BCUT2D eigenvalue weighted by Crippen LogP contribution is 2.40. The number of carbonyl (C=O) groups excluding carboxylic acids is 2. The average molecular weight is 451 g/mol. The van der Waals surface area contributed by atoms with Crippen molar-refractivity contribution in [3.8, 4) is 5.75 Å². The van der Waals surface area contributed by atoms with E-state index < -0.39 is 17.7 Å². The molecule has 2 saturated heterocycles. The van der Waals surface area contributed by atoms with E-state index in [2.05, 4.69) is 4.90 Å². The molecule has 1 amide bonds. The van der Waals surface area contributed by atoms with Crippen molar-refractivity contribution >= 4 is 17.4 Å². The molecule has 0 aromatic heterocycles. The Balaban J connectivity index is 1.72. The van der Waals surface area contributed by atoms with E-state index in [1.807, 2.05) is 37.3 Å². The normalized spacial score (nSPS) is 20.9. The van der Waals surface area contributed by atoms with Crippen LogP contribution in [0.1, 0.15) is 30.5 Å². The SMILES string of the molecule is CCCOc1cccc([C@H]2/C(=C(\O)c3ccccc3)C(=O)C(=O)N2CCN2CCOCC2)c1. The first-order valence-electron chi connectivity index (χ1n) is 11.5. The van der Waals surface area contributed by atoms with Gasteiger partial charge in [-0.25, -0.2) is 0 Å². The number of aliphatic hydroxyl groups excluding tert-OH is 1. The van der Waals surface area contributed by atoms with Gasteiger partial charge in [-0.1, -0.05) is 49.4 Å². The van der Waals surface area contributed by atoms with Gasteiger partial charge in [0.2, 0.25) is 0 Å². The lowest BCUT2D eigenvalue weighted by Gasteiger charge is -2.31. The van der Waals surface area contributed by atoms with E-state index in [0.717, 1.165) is 25.1 Å². The molecular formula is C26H30N2O5. The first-order valence-corrected chi connectivity index (χ1v) is 11.5. The van der Waals surface area contributed by atoms with Crippen LogP contribution in [0.4, 0.5) is 0 Å². The fraction of sp³-hybridized carbons (Fsp3) is 0.385. The molecule has 2 aliphatic rings. The van der Waals surface area contributed by atoms with Gasteiger partial charge >= 0.3 is 0 Å². The number of likely N-dealkylation sites (tertiary alicyclic amines) is 1. The monoisotopic (exact) mass is 450 g/mol. The van der Waals surface area contributed by atoms with Crippen molar-refractivity contribution in [1.82, 2.24) is 9.80 Å². The van der Waals surface area contributed by atoms with Crippen LogP contribution in [0.15, 0.2) is 60.2 Å². The highest BCUT2D eigenvalue weighted by Gasteiger charge is 2.46. The lowest BCUT2D eigenvalue weighted by molar-refractivity contribution is -0.140. The number of aliphatic hydroxyl groups is 1. The Labute approximate surface area is 194 Å². The minimum absolute atomic E-state index is 0.112. The van der Waals surface area contributed by atoms with Crippen molar-refractivity contribution < 1.29 is 24.2 Å². The minimum Gasteiger partial charge on any atom is -0.507 e. The van der Waals surface area contributed by atoms with E-state index in [9.17, 15) is 14.7 Å². The molecule has 0 unspecified atom stereocenters. The van der Waals surface area contributed by atoms with Gasteiger partial charge in [0.15, 0.2) is 0 Å². The Bertz CT molecular complexity index is 1010. The molecule has 0 aliphatic carbocycles. The maximum absolute atomic E-state index is 13.1. The van der Waals surface area contributed by atoms with E-state index in [1.165, 1.54) is 0 Å². The van der Waals surface area contributed by atoms with Crippen LogP contribution in [0, 0.1) is 0 Å². The minimum atomic E-state index is -0.684. The average Bonchev–Trinajstić information content (AvgIpc) is 3.12. The van der Waals surface area contributed by atoms with Gasteiger partial charge in [-0.3, -0.25) is 14.5 Å². The Morgan fingerprint density at radius 3 is 2.55 bits per heavy atom. The Morgan fingerprint density at radius 2 is 1.82 bits per heavy atom. The Kier molecular flexibility index (Phi) is 7.42. The molecule has 2 aromatic rings. The molecule has 0 radical (unpaired) electrons. The molecule has 1 atom stereocenters. The molecule has 33 heavy (non-hydrogen) atoms. The molecule has 7 nitrogen and oxygen atoms in total. The molecule has 174 valence electrons. The number of hydrogen-bond donors (Lipinski definition) is 1. The summed E-state index contributed by atoms with van der Waals surface area (Å²) in [4.78, 5) is 30.1. The molecule has 0 spiro atoms. The first-order chi connectivity index (χ1) is 16.1. The fourth-order valence-corrected chi connectivity index (χ4v) is 4.28. The Hall–Kier alpha value is -3.16. The number of Topliss-reactive ketones (excluding diaryl/α,β-unsaturated/α-hetero) is 1. The molecule has 2 aliphatic heterocycles. The number of nitrogens with zero attached hydrogens (tertiary/aromatic N) is 2. The molecule has 0 saturated carbocycles. The molecule has 0 bridgehead atoms. The second-order valence-corrected chi connectivity index (χ2v) is 8.23. The zero-order valence-electron chi connectivity index (χ0n) is 18.9. The van der Waals surface area contributed by atoms with Crippen LogP contribution in [0.25, 0.3) is 5.76 Å². The number of ketones is 1. The fourth-order valence-electron chi connectivity index (χ4n) is 4.28. The third-order valence-electron chi connectivity index (χ3n) is 5.99. The van der Waals surface area contributed by atoms with Crippen molar-refractivity contribution in [2.45, 2.75) is 19.4 Å². The summed E-state index contributed by atoms with van der Waals surface area (Å²) in [7, 11) is 0. The molecule has 2 aromatic carbocycles. The van der Waals surface area contributed by atoms with E-state index in [-0.39, 0.29) is 11.3 Å². The van der Waals surface area contributed by atoms with Gasteiger partial charge in [-0.2, -0.15) is 0 Å². The number of benzene rings is 2. The first kappa shape index (κ1) is 23.0. The van der Waals surface area contributed by atoms with Crippen LogP contribution in [0.3, 0.4) is 0 Å². The van der Waals surface area contributed by atoms with Crippen LogP contribution >= 0.6 is 0 Å². The van der Waals surface area contributed by atoms with E-state index in [0.29, 0.717) is 44.2 Å². The van der Waals surface area contributed by atoms with Gasteiger partial charge in [-0.05, 0) is 24.1 Å². The summed E-state index contributed by atoms with van der Waals surface area (Å²) >= 11 is 0. The third kappa shape index (κ3) is 5.10. The second-order valence-electron chi connectivity index (χ2n) is 8.23. The van der Waals surface area contributed by atoms with Crippen LogP contribution < -0.4 is 4.74 Å². The zero-order chi connectivity index (χ0) is 23.2. The van der Waals surface area contributed by atoms with Crippen molar-refractivity contribution in [3.05, 3.63) is 71.3 Å². The van der Waals surface area contributed by atoms with Crippen LogP contribution in [0.5, 0.6) is 5.75 Å². The lowest BCUT2D eigenvalue weighted by atomic mass is 9.95. The van der Waals surface area contributed by atoms with Crippen molar-refractivity contribution in [2.75, 3.05) is 46.0 Å². The Morgan fingerprint density at radius 1 is 1.06 bits per heavy atom. The van der Waals surface area contributed by atoms with Gasteiger partial charge in [0, 0.05) is 31.7 Å². The van der Waals surface area contributed by atoms with Crippen LogP contribution in [-0.4, -0.2) is 72.6 Å². The molecular weight excluding hydrogens is 420 g/mol. The summed E-state index contributed by atoms with van der Waals surface area (Å²) in [6.45, 7) is 6.51. The van der Waals surface area contributed by atoms with E-state index in [1.54, 1.807) is 29.2 Å². The largest absolute Gasteiger partial charge is 0.507 e. The third-order valence-corrected chi connectivity index (χ3v) is 5.99. The lowest BCUT2D eigenvalue weighted by Crippen LogP contribution is -2.42. The van der Waals surface area contributed by atoms with Crippen molar-refractivity contribution in [1.29, 1.82) is 0 Å². The summed E-state index contributed by atoms with van der Waals surface area (Å²) in [6.07, 6.45) is 0.871. The number of carbonyl (C=O) groups is 2. The van der Waals surface area contributed by atoms with Gasteiger partial charge in [0.05, 0.1) is 31.4 Å². The summed E-state index contributed by atoms with van der Waals surface area (Å²) in [5, 5.41) is 11.1. The maximum atomic E-state index is 13.1. The van der Waals surface area contributed by atoms with Crippen LogP contribution in [-0.2, 0) is 14.3 Å². The number of hydrogen-bond acceptors (Lipinski definition) is 6. The van der Waals surface area contributed by atoms with Gasteiger partial charge in [0.25, 0.3) is 11.7 Å². The van der Waals surface area contributed by atoms with E-state index in [4.69, 9.17) is 9.47 Å². The second kappa shape index (κ2) is 10.6. The van der Waals surface area contributed by atoms with E-state index >= 15 is 0 Å². The van der Waals surface area contributed by atoms with Gasteiger partial charge in [0.1, 0.15) is 11.5 Å². The highest BCUT2D eigenvalue weighted by molar-refractivity contribution is 6.46. The van der Waals surface area contributed by atoms with Gasteiger partial charge in [-0.15, -0.1) is 0 Å². The summed E-state index contributed by atoms with van der Waals surface area (Å²) < 4.78 is 11.2. The summed E-state index contributed by atoms with van der Waals surface area (Å²) in [5.74, 6) is -0.741. The predicted molar refractivity (Wildman–Crippen MR) is 125 cm³/mol. The van der Waals surface area contributed by atoms with Crippen LogP contribution in [0.2, 0.25) is 0 Å². The number of ether oxygens (including phenoxy) is 2. The standard InChI is InChI=1S/C26H30N2O5/c1-2-15-33-21-10-6-9-20(18-21)23-22(24(29)19-7-4-3-5-8-19)25(30)26(31)28(23)12-11-27-13-16-32-17-14-27/h3-10,18,23,29H,2,11-17H2,1H3/b24-22+/t23-/m0/s1. The summed E-state index contributed by atoms with van der Waals surface area (Å²) in [5.41, 5.74) is 1.36. The maximum Gasteiger partial charge on any atom is 0.295 e. The molecule has 7 heteroatoms. The zero-order valence-corrected chi connectivity index (χ0v) is 18.9. The number of amides is 1.